The van der Waals surface area contributed by atoms with Gasteiger partial charge in [0.1, 0.15) is 6.04 Å². The quantitative estimate of drug-likeness (QED) is 0.839. The highest BCUT2D eigenvalue weighted by Crippen LogP contribution is 2.30. The van der Waals surface area contributed by atoms with E-state index in [-0.39, 0.29) is 11.4 Å². The first-order chi connectivity index (χ1) is 9.49. The van der Waals surface area contributed by atoms with E-state index in [1.54, 1.807) is 0 Å². The predicted molar refractivity (Wildman–Crippen MR) is 79.7 cm³/mol. The zero-order valence-corrected chi connectivity index (χ0v) is 13.0. The van der Waals surface area contributed by atoms with E-state index in [0.717, 1.165) is 18.8 Å². The van der Waals surface area contributed by atoms with Crippen LogP contribution in [0.5, 0.6) is 0 Å². The van der Waals surface area contributed by atoms with Gasteiger partial charge >= 0.3 is 12.0 Å². The number of nitrogens with one attached hydrogen (secondary N) is 1. The highest BCUT2D eigenvalue weighted by molar-refractivity contribution is 8.00. The van der Waals surface area contributed by atoms with Gasteiger partial charge in [-0.15, -0.1) is 11.8 Å². The number of carbonyl (C=O) groups is 2. The Bertz CT molecular complexity index is 369. The maximum absolute atomic E-state index is 12.2. The Labute approximate surface area is 124 Å². The number of rotatable bonds is 3. The number of aliphatic carboxylic acids is 1. The number of hydrogen-bond donors (Lipinski definition) is 2. The van der Waals surface area contributed by atoms with Crippen molar-refractivity contribution in [3.05, 3.63) is 0 Å². The van der Waals surface area contributed by atoms with Crippen molar-refractivity contribution in [2.24, 2.45) is 11.8 Å². The third kappa shape index (κ3) is 3.59. The van der Waals surface area contributed by atoms with Gasteiger partial charge in [-0.25, -0.2) is 9.59 Å². The fourth-order valence-electron chi connectivity index (χ4n) is 3.00. The molecule has 2 atom stereocenters. The van der Waals surface area contributed by atoms with Crippen LogP contribution < -0.4 is 5.32 Å². The normalized spacial score (nSPS) is 34.0. The number of nitrogens with zero attached hydrogens (tertiary/aromatic N) is 1. The topological polar surface area (TPSA) is 69.6 Å². The van der Waals surface area contributed by atoms with Crippen LogP contribution in [0.4, 0.5) is 4.79 Å². The summed E-state index contributed by atoms with van der Waals surface area (Å²) in [7, 11) is 0. The minimum Gasteiger partial charge on any atom is -0.480 e. The molecular formula is C14H24N2O3S. The molecule has 5 nitrogen and oxygen atoms in total. The second kappa shape index (κ2) is 6.70. The number of hydrogen-bond acceptors (Lipinski definition) is 3. The lowest BCUT2D eigenvalue weighted by atomic mass is 9.83. The SMILES string of the molecule is CC1CCC(CNC(=O)N2C(C)SCC2C(=O)O)CC1. The monoisotopic (exact) mass is 300 g/mol. The summed E-state index contributed by atoms with van der Waals surface area (Å²) < 4.78 is 0. The van der Waals surface area contributed by atoms with Crippen LogP contribution in [0.15, 0.2) is 0 Å². The Balaban J connectivity index is 1.83. The molecule has 2 aliphatic rings. The van der Waals surface area contributed by atoms with Crippen LogP contribution in [0, 0.1) is 11.8 Å². The summed E-state index contributed by atoms with van der Waals surface area (Å²) in [5.74, 6) is 0.908. The fourth-order valence-corrected chi connectivity index (χ4v) is 4.16. The molecule has 2 unspecified atom stereocenters. The van der Waals surface area contributed by atoms with Gasteiger partial charge in [-0.2, -0.15) is 0 Å². The van der Waals surface area contributed by atoms with Crippen LogP contribution in [0.3, 0.4) is 0 Å². The summed E-state index contributed by atoms with van der Waals surface area (Å²) in [6.07, 6.45) is 4.78. The minimum absolute atomic E-state index is 0.0671. The molecule has 0 bridgehead atoms. The van der Waals surface area contributed by atoms with Crippen molar-refractivity contribution in [1.29, 1.82) is 0 Å². The first-order valence-corrected chi connectivity index (χ1v) is 8.44. The molecule has 114 valence electrons. The Morgan fingerprint density at radius 2 is 1.90 bits per heavy atom. The van der Waals surface area contributed by atoms with Crippen LogP contribution in [0.2, 0.25) is 0 Å². The second-order valence-electron chi connectivity index (χ2n) is 6.01. The smallest absolute Gasteiger partial charge is 0.327 e. The lowest BCUT2D eigenvalue weighted by Gasteiger charge is -2.29. The summed E-state index contributed by atoms with van der Waals surface area (Å²) in [6, 6.07) is -0.921. The molecule has 2 N–H and O–H groups in total. The molecule has 2 fully saturated rings. The first kappa shape index (κ1) is 15.5. The molecule has 0 spiro atoms. The number of amides is 2. The number of carboxylic acid groups (broad SMARTS) is 1. The lowest BCUT2D eigenvalue weighted by molar-refractivity contribution is -0.141. The van der Waals surface area contributed by atoms with Gasteiger partial charge in [0.25, 0.3) is 0 Å². The Morgan fingerprint density at radius 3 is 2.50 bits per heavy atom. The van der Waals surface area contributed by atoms with Gasteiger partial charge in [0.2, 0.25) is 0 Å². The van der Waals surface area contributed by atoms with E-state index in [0.29, 0.717) is 18.2 Å². The van der Waals surface area contributed by atoms with E-state index in [4.69, 9.17) is 5.11 Å². The van der Waals surface area contributed by atoms with Crippen LogP contribution >= 0.6 is 11.8 Å². The Hall–Kier alpha value is -0.910. The highest BCUT2D eigenvalue weighted by atomic mass is 32.2. The molecule has 1 saturated carbocycles. The van der Waals surface area contributed by atoms with E-state index in [1.807, 2.05) is 6.92 Å². The zero-order chi connectivity index (χ0) is 14.7. The van der Waals surface area contributed by atoms with Crippen molar-refractivity contribution in [3.63, 3.8) is 0 Å². The molecule has 1 aliphatic carbocycles. The van der Waals surface area contributed by atoms with Crippen molar-refractivity contribution < 1.29 is 14.7 Å². The highest BCUT2D eigenvalue weighted by Gasteiger charge is 2.39. The number of carboxylic acids is 1. The maximum atomic E-state index is 12.2. The molecule has 0 aromatic carbocycles. The van der Waals surface area contributed by atoms with Crippen molar-refractivity contribution >= 4 is 23.8 Å². The van der Waals surface area contributed by atoms with E-state index >= 15 is 0 Å². The largest absolute Gasteiger partial charge is 0.480 e. The zero-order valence-electron chi connectivity index (χ0n) is 12.2. The number of carbonyl (C=O) groups excluding carboxylic acids is 1. The first-order valence-electron chi connectivity index (χ1n) is 7.39. The lowest BCUT2D eigenvalue weighted by Crippen LogP contribution is -2.50. The van der Waals surface area contributed by atoms with Crippen molar-refractivity contribution in [2.75, 3.05) is 12.3 Å². The molecule has 0 radical (unpaired) electrons. The molecule has 0 aromatic rings. The van der Waals surface area contributed by atoms with Crippen LogP contribution in [-0.4, -0.2) is 45.7 Å². The molecule has 6 heteroatoms. The Morgan fingerprint density at radius 1 is 1.25 bits per heavy atom. The van der Waals surface area contributed by atoms with E-state index < -0.39 is 12.0 Å². The predicted octanol–water partition coefficient (Wildman–Crippen LogP) is 2.37. The summed E-state index contributed by atoms with van der Waals surface area (Å²) in [6.45, 7) is 4.83. The molecule has 1 aliphatic heterocycles. The van der Waals surface area contributed by atoms with E-state index in [9.17, 15) is 9.59 Å². The van der Waals surface area contributed by atoms with Gasteiger partial charge in [0.15, 0.2) is 0 Å². The van der Waals surface area contributed by atoms with Gasteiger partial charge in [0, 0.05) is 12.3 Å². The molecule has 20 heavy (non-hydrogen) atoms. The van der Waals surface area contributed by atoms with Crippen molar-refractivity contribution in [3.8, 4) is 0 Å². The molecule has 2 rings (SSSR count). The van der Waals surface area contributed by atoms with Gasteiger partial charge in [-0.05, 0) is 31.6 Å². The molecule has 2 amide bonds. The van der Waals surface area contributed by atoms with Crippen LogP contribution in [0.25, 0.3) is 0 Å². The third-order valence-electron chi connectivity index (χ3n) is 4.42. The summed E-state index contributed by atoms with van der Waals surface area (Å²) in [4.78, 5) is 24.9. The van der Waals surface area contributed by atoms with Crippen LogP contribution in [0.1, 0.15) is 39.5 Å². The Kier molecular flexibility index (Phi) is 5.18. The fraction of sp³-hybridized carbons (Fsp3) is 0.857. The van der Waals surface area contributed by atoms with Gasteiger partial charge < -0.3 is 10.4 Å². The molecule has 1 saturated heterocycles. The number of urea groups is 1. The number of thioether (sulfide) groups is 1. The standard InChI is InChI=1S/C14H24N2O3S/c1-9-3-5-11(6-4-9)7-15-14(19)16-10(2)20-8-12(16)13(17)18/h9-12H,3-8H2,1-2H3,(H,15,19)(H,17,18). The van der Waals surface area contributed by atoms with Gasteiger partial charge in [0.05, 0.1) is 5.37 Å². The average Bonchev–Trinajstić information content (AvgIpc) is 2.80. The van der Waals surface area contributed by atoms with E-state index in [1.165, 1.54) is 29.5 Å². The van der Waals surface area contributed by atoms with Gasteiger partial charge in [-0.3, -0.25) is 4.90 Å². The molecule has 0 aromatic heterocycles. The molecular weight excluding hydrogens is 276 g/mol. The average molecular weight is 300 g/mol. The van der Waals surface area contributed by atoms with E-state index in [2.05, 4.69) is 12.2 Å². The van der Waals surface area contributed by atoms with Crippen LogP contribution in [-0.2, 0) is 4.79 Å². The van der Waals surface area contributed by atoms with Crippen molar-refractivity contribution in [2.45, 2.75) is 50.9 Å². The summed E-state index contributed by atoms with van der Waals surface area (Å²) in [5, 5.41) is 12.0. The summed E-state index contributed by atoms with van der Waals surface area (Å²) in [5.41, 5.74) is 0. The van der Waals surface area contributed by atoms with Crippen molar-refractivity contribution in [1.82, 2.24) is 10.2 Å². The maximum Gasteiger partial charge on any atom is 0.327 e. The molecule has 1 heterocycles. The van der Waals surface area contributed by atoms with Gasteiger partial charge in [-0.1, -0.05) is 19.8 Å². The second-order valence-corrected chi connectivity index (χ2v) is 7.35. The minimum atomic E-state index is -0.913. The third-order valence-corrected chi connectivity index (χ3v) is 5.64. The summed E-state index contributed by atoms with van der Waals surface area (Å²) >= 11 is 1.52.